The molecule has 0 unspecified atom stereocenters. The summed E-state index contributed by atoms with van der Waals surface area (Å²) in [5.74, 6) is 0.702. The number of hydrogen-bond donors (Lipinski definition) is 3. The van der Waals surface area contributed by atoms with Crippen LogP contribution >= 0.6 is 35.0 Å². The number of aromatic amines is 1. The molecule has 0 spiro atoms. The van der Waals surface area contributed by atoms with E-state index >= 15 is 0 Å². The molecule has 2 aromatic carbocycles. The van der Waals surface area contributed by atoms with Gasteiger partial charge in [-0.15, -0.1) is 11.8 Å². The molecule has 44 heavy (non-hydrogen) atoms. The van der Waals surface area contributed by atoms with E-state index in [0.717, 1.165) is 76.2 Å². The second kappa shape index (κ2) is 16.0. The summed E-state index contributed by atoms with van der Waals surface area (Å²) in [6.07, 6.45) is 7.80. The van der Waals surface area contributed by atoms with Gasteiger partial charge in [-0.2, -0.15) is 0 Å². The van der Waals surface area contributed by atoms with Gasteiger partial charge in [-0.05, 0) is 106 Å². The largest absolute Gasteiger partial charge is 0.359 e. The van der Waals surface area contributed by atoms with Crippen LogP contribution in [0.3, 0.4) is 0 Å². The number of amides is 2. The molecule has 0 atom stereocenters. The Labute approximate surface area is 276 Å². The van der Waals surface area contributed by atoms with Crippen molar-refractivity contribution in [1.29, 1.82) is 0 Å². The van der Waals surface area contributed by atoms with Gasteiger partial charge >= 0.3 is 0 Å². The van der Waals surface area contributed by atoms with Gasteiger partial charge in [0.2, 0.25) is 5.91 Å². The Morgan fingerprint density at radius 1 is 1.07 bits per heavy atom. The Bertz CT molecular complexity index is 1490. The van der Waals surface area contributed by atoms with Crippen LogP contribution in [0.1, 0.15) is 79.6 Å². The normalized spacial score (nSPS) is 14.7. The van der Waals surface area contributed by atoms with Gasteiger partial charge < -0.3 is 20.5 Å². The first-order valence-electron chi connectivity index (χ1n) is 15.5. The lowest BCUT2D eigenvalue weighted by atomic mass is 10.0. The van der Waals surface area contributed by atoms with Gasteiger partial charge in [0.05, 0.1) is 5.57 Å². The Morgan fingerprint density at radius 3 is 2.34 bits per heavy atom. The van der Waals surface area contributed by atoms with Crippen LogP contribution in [0.25, 0.3) is 11.6 Å². The van der Waals surface area contributed by atoms with E-state index in [4.69, 9.17) is 23.2 Å². The molecule has 1 aromatic heterocycles. The van der Waals surface area contributed by atoms with E-state index in [1.165, 1.54) is 12.8 Å². The highest BCUT2D eigenvalue weighted by Crippen LogP contribution is 2.38. The predicted octanol–water partition coefficient (Wildman–Crippen LogP) is 8.67. The van der Waals surface area contributed by atoms with Crippen molar-refractivity contribution in [1.82, 2.24) is 15.2 Å². The van der Waals surface area contributed by atoms with Gasteiger partial charge in [0.15, 0.2) is 0 Å². The molecular formula is C35H44Cl2N4O2S. The Hall–Kier alpha value is -2.71. The zero-order chi connectivity index (χ0) is 31.8. The SMILES string of the molecule is CCCN(CCC)C(=O)CCc1c(C)[nH]c(/C=C2\C(=O)Nc3ccc(SCc4c(Cl)cccc4Cl)cc32)c1C.CNC1CC1. The average molecular weight is 656 g/mol. The van der Waals surface area contributed by atoms with Gasteiger partial charge in [-0.25, -0.2) is 0 Å². The van der Waals surface area contributed by atoms with Crippen molar-refractivity contribution in [3.05, 3.63) is 80.1 Å². The summed E-state index contributed by atoms with van der Waals surface area (Å²) < 4.78 is 0. The molecule has 5 rings (SSSR count). The predicted molar refractivity (Wildman–Crippen MR) is 187 cm³/mol. The second-order valence-electron chi connectivity index (χ2n) is 11.4. The van der Waals surface area contributed by atoms with Crippen LogP contribution in [0, 0.1) is 13.8 Å². The molecule has 9 heteroatoms. The van der Waals surface area contributed by atoms with Gasteiger partial charge in [-0.3, -0.25) is 9.59 Å². The molecular weight excluding hydrogens is 611 g/mol. The van der Waals surface area contributed by atoms with E-state index in [2.05, 4.69) is 36.4 Å². The third-order valence-electron chi connectivity index (χ3n) is 8.05. The van der Waals surface area contributed by atoms with E-state index in [-0.39, 0.29) is 11.8 Å². The number of fused-ring (bicyclic) bond motifs is 1. The van der Waals surface area contributed by atoms with Crippen LogP contribution in [0.5, 0.6) is 0 Å². The number of anilines is 1. The van der Waals surface area contributed by atoms with Gasteiger partial charge in [0.1, 0.15) is 0 Å². The van der Waals surface area contributed by atoms with Crippen molar-refractivity contribution >= 4 is 64.1 Å². The number of nitrogens with one attached hydrogen (secondary N) is 3. The molecule has 0 bridgehead atoms. The molecule has 2 heterocycles. The maximum absolute atomic E-state index is 12.9. The molecule has 0 saturated heterocycles. The maximum Gasteiger partial charge on any atom is 0.256 e. The van der Waals surface area contributed by atoms with E-state index in [0.29, 0.717) is 34.2 Å². The fourth-order valence-corrected chi connectivity index (χ4v) is 7.04. The topological polar surface area (TPSA) is 77.2 Å². The number of aryl methyl sites for hydroxylation is 1. The first-order valence-corrected chi connectivity index (χ1v) is 17.3. The Kier molecular flexibility index (Phi) is 12.4. The molecule has 1 saturated carbocycles. The molecule has 1 aliphatic carbocycles. The fraction of sp³-hybridized carbons (Fsp3) is 0.429. The minimum absolute atomic E-state index is 0.126. The summed E-state index contributed by atoms with van der Waals surface area (Å²) >= 11 is 14.3. The molecule has 236 valence electrons. The first-order chi connectivity index (χ1) is 21.2. The van der Waals surface area contributed by atoms with Gasteiger partial charge in [0.25, 0.3) is 5.91 Å². The minimum Gasteiger partial charge on any atom is -0.359 e. The molecule has 1 fully saturated rings. The number of rotatable bonds is 12. The van der Waals surface area contributed by atoms with Crippen LogP contribution in [0.4, 0.5) is 5.69 Å². The smallest absolute Gasteiger partial charge is 0.256 e. The number of carbonyl (C=O) groups is 2. The van der Waals surface area contributed by atoms with Crippen molar-refractivity contribution in [2.24, 2.45) is 0 Å². The number of nitrogens with zero attached hydrogens (tertiary/aromatic N) is 1. The van der Waals surface area contributed by atoms with Crippen molar-refractivity contribution in [2.45, 2.75) is 82.9 Å². The molecule has 2 amide bonds. The Morgan fingerprint density at radius 2 is 1.75 bits per heavy atom. The highest BCUT2D eigenvalue weighted by Gasteiger charge is 2.26. The standard InChI is InChI=1S/C31H35Cl2N3O2S.C4H9N/c1-5-14-36(15-6-2)30(37)13-11-22-19(3)29(34-20(22)4)17-24-23-16-21(10-12-28(23)35-31(24)38)39-18-25-26(32)8-7-9-27(25)33;1-5-4-2-3-4/h7-10,12,16-17,34H,5-6,11,13-15,18H2,1-4H3,(H,35,38);4-5H,2-3H2,1H3/b24-17-;. The lowest BCUT2D eigenvalue weighted by molar-refractivity contribution is -0.131. The first kappa shape index (κ1) is 34.2. The van der Waals surface area contributed by atoms with Crippen LogP contribution in [-0.4, -0.2) is 47.9 Å². The van der Waals surface area contributed by atoms with E-state index in [9.17, 15) is 9.59 Å². The summed E-state index contributed by atoms with van der Waals surface area (Å²) in [6.45, 7) is 9.89. The number of aromatic nitrogens is 1. The summed E-state index contributed by atoms with van der Waals surface area (Å²) in [6, 6.07) is 12.4. The van der Waals surface area contributed by atoms with Crippen LogP contribution < -0.4 is 10.6 Å². The average Bonchev–Trinajstić information content (AvgIpc) is 3.74. The van der Waals surface area contributed by atoms with E-state index < -0.39 is 0 Å². The number of benzene rings is 2. The third-order valence-corrected chi connectivity index (χ3v) is 9.78. The van der Waals surface area contributed by atoms with Crippen molar-refractivity contribution in [2.75, 3.05) is 25.5 Å². The van der Waals surface area contributed by atoms with Gasteiger partial charge in [0, 0.05) is 68.9 Å². The number of H-pyrrole nitrogens is 1. The van der Waals surface area contributed by atoms with E-state index in [1.807, 2.05) is 61.3 Å². The van der Waals surface area contributed by atoms with E-state index in [1.54, 1.807) is 11.8 Å². The number of halogens is 2. The van der Waals surface area contributed by atoms with Crippen LogP contribution in [0.15, 0.2) is 41.3 Å². The number of carbonyl (C=O) groups excluding carboxylic acids is 2. The molecule has 0 radical (unpaired) electrons. The summed E-state index contributed by atoms with van der Waals surface area (Å²) in [5.41, 5.74) is 7.32. The van der Waals surface area contributed by atoms with Crippen LogP contribution in [0.2, 0.25) is 10.0 Å². The monoisotopic (exact) mass is 654 g/mol. The Balaban J connectivity index is 0.000000802. The fourth-order valence-electron chi connectivity index (χ4n) is 5.37. The molecule has 3 N–H and O–H groups in total. The minimum atomic E-state index is -0.126. The van der Waals surface area contributed by atoms with Crippen LogP contribution in [-0.2, 0) is 21.8 Å². The van der Waals surface area contributed by atoms with Crippen molar-refractivity contribution < 1.29 is 9.59 Å². The summed E-state index contributed by atoms with van der Waals surface area (Å²) in [4.78, 5) is 32.2. The molecule has 3 aromatic rings. The zero-order valence-electron chi connectivity index (χ0n) is 26.4. The second-order valence-corrected chi connectivity index (χ2v) is 13.3. The third kappa shape index (κ3) is 8.72. The lowest BCUT2D eigenvalue weighted by Crippen LogP contribution is -2.32. The van der Waals surface area contributed by atoms with Crippen molar-refractivity contribution in [3.63, 3.8) is 0 Å². The highest BCUT2D eigenvalue weighted by atomic mass is 35.5. The maximum atomic E-state index is 12.9. The number of hydrogen-bond acceptors (Lipinski definition) is 4. The lowest BCUT2D eigenvalue weighted by Gasteiger charge is -2.21. The highest BCUT2D eigenvalue weighted by molar-refractivity contribution is 7.98. The summed E-state index contributed by atoms with van der Waals surface area (Å²) in [5, 5.41) is 7.41. The molecule has 1 aliphatic heterocycles. The number of thioether (sulfide) groups is 1. The summed E-state index contributed by atoms with van der Waals surface area (Å²) in [7, 11) is 2.01. The van der Waals surface area contributed by atoms with Gasteiger partial charge in [-0.1, -0.05) is 43.1 Å². The van der Waals surface area contributed by atoms with Crippen molar-refractivity contribution in [3.8, 4) is 0 Å². The molecule has 2 aliphatic rings. The quantitative estimate of drug-likeness (QED) is 0.135. The zero-order valence-corrected chi connectivity index (χ0v) is 28.7. The molecule has 6 nitrogen and oxygen atoms in total.